The first-order valence-corrected chi connectivity index (χ1v) is 12.1. The molecule has 1 unspecified atom stereocenters. The van der Waals surface area contributed by atoms with Gasteiger partial charge in [0.2, 0.25) is 0 Å². The molecule has 0 fully saturated rings. The molecule has 0 saturated heterocycles. The van der Waals surface area contributed by atoms with Crippen molar-refractivity contribution in [2.75, 3.05) is 7.11 Å². The highest BCUT2D eigenvalue weighted by atomic mass is 32.2. The zero-order valence-electron chi connectivity index (χ0n) is 19.4. The molecule has 174 valence electrons. The smallest absolute Gasteiger partial charge is 0.251 e. The lowest BCUT2D eigenvalue weighted by molar-refractivity contribution is 0.0939. The van der Waals surface area contributed by atoms with Crippen LogP contribution in [0.1, 0.15) is 36.2 Å². The lowest BCUT2D eigenvalue weighted by Gasteiger charge is -2.12. The van der Waals surface area contributed by atoms with Crippen molar-refractivity contribution in [1.29, 1.82) is 0 Å². The summed E-state index contributed by atoms with van der Waals surface area (Å²) in [5, 5.41) is 12.7. The number of aromatic nitrogens is 4. The molecule has 0 aliphatic rings. The summed E-state index contributed by atoms with van der Waals surface area (Å²) >= 11 is 1.59. The third kappa shape index (κ3) is 5.46. The van der Waals surface area contributed by atoms with Crippen molar-refractivity contribution in [2.24, 2.45) is 0 Å². The van der Waals surface area contributed by atoms with E-state index in [0.717, 1.165) is 40.0 Å². The fourth-order valence-electron chi connectivity index (χ4n) is 3.32. The molecule has 1 N–H and O–H groups in total. The molecule has 8 heteroatoms. The molecule has 0 aliphatic heterocycles. The van der Waals surface area contributed by atoms with E-state index in [2.05, 4.69) is 27.4 Å². The number of hydrogen-bond acceptors (Lipinski definition) is 6. The van der Waals surface area contributed by atoms with Crippen LogP contribution in [-0.4, -0.2) is 38.8 Å². The fourth-order valence-corrected chi connectivity index (χ4v) is 4.23. The summed E-state index contributed by atoms with van der Waals surface area (Å²) in [6.45, 7) is 4.05. The Hall–Kier alpha value is -3.65. The molecular formula is C26H27N5O2S. The Morgan fingerprint density at radius 2 is 1.74 bits per heavy atom. The SMILES string of the molecule is CCC(C)NC(=O)c1ccc(CSc2nnc(-c3ccncc3)n2-c2ccc(OC)cc2)cc1. The van der Waals surface area contributed by atoms with E-state index in [1.165, 1.54) is 0 Å². The average molecular weight is 474 g/mol. The van der Waals surface area contributed by atoms with E-state index >= 15 is 0 Å². The lowest BCUT2D eigenvalue weighted by Crippen LogP contribution is -2.31. The molecule has 0 bridgehead atoms. The van der Waals surface area contributed by atoms with E-state index in [9.17, 15) is 4.79 Å². The topological polar surface area (TPSA) is 81.9 Å². The monoisotopic (exact) mass is 473 g/mol. The number of amides is 1. The van der Waals surface area contributed by atoms with Gasteiger partial charge in [0.1, 0.15) is 5.75 Å². The molecule has 0 radical (unpaired) electrons. The second-order valence-corrected chi connectivity index (χ2v) is 8.79. The van der Waals surface area contributed by atoms with Crippen molar-refractivity contribution < 1.29 is 9.53 Å². The highest BCUT2D eigenvalue weighted by Gasteiger charge is 2.17. The summed E-state index contributed by atoms with van der Waals surface area (Å²) in [6.07, 6.45) is 4.39. The minimum atomic E-state index is -0.0465. The van der Waals surface area contributed by atoms with Gasteiger partial charge in [-0.3, -0.25) is 14.3 Å². The maximum Gasteiger partial charge on any atom is 0.251 e. The van der Waals surface area contributed by atoms with Crippen molar-refractivity contribution in [3.8, 4) is 22.8 Å². The molecule has 0 saturated carbocycles. The van der Waals surface area contributed by atoms with Crippen LogP contribution >= 0.6 is 11.8 Å². The van der Waals surface area contributed by atoms with Crippen LogP contribution in [0.3, 0.4) is 0 Å². The Morgan fingerprint density at radius 3 is 2.38 bits per heavy atom. The van der Waals surface area contributed by atoms with Gasteiger partial charge in [-0.25, -0.2) is 0 Å². The van der Waals surface area contributed by atoms with Crippen LogP contribution in [0.4, 0.5) is 0 Å². The molecule has 7 nitrogen and oxygen atoms in total. The van der Waals surface area contributed by atoms with Crippen molar-refractivity contribution in [3.63, 3.8) is 0 Å². The molecule has 1 atom stereocenters. The average Bonchev–Trinajstić information content (AvgIpc) is 3.32. The minimum absolute atomic E-state index is 0.0465. The number of carbonyl (C=O) groups excluding carboxylic acids is 1. The van der Waals surface area contributed by atoms with Crippen LogP contribution in [0.2, 0.25) is 0 Å². The molecular weight excluding hydrogens is 446 g/mol. The van der Waals surface area contributed by atoms with Gasteiger partial charge in [-0.2, -0.15) is 0 Å². The summed E-state index contributed by atoms with van der Waals surface area (Å²) in [7, 11) is 1.65. The summed E-state index contributed by atoms with van der Waals surface area (Å²) in [5.41, 5.74) is 3.63. The fraction of sp³-hybridized carbons (Fsp3) is 0.231. The predicted octanol–water partition coefficient (Wildman–Crippen LogP) is 5.16. The summed E-state index contributed by atoms with van der Waals surface area (Å²) < 4.78 is 7.34. The van der Waals surface area contributed by atoms with Gasteiger partial charge in [0.05, 0.1) is 7.11 Å². The van der Waals surface area contributed by atoms with E-state index < -0.39 is 0 Å². The molecule has 2 aromatic carbocycles. The van der Waals surface area contributed by atoms with Crippen LogP contribution in [-0.2, 0) is 5.75 Å². The van der Waals surface area contributed by atoms with Crippen molar-refractivity contribution in [1.82, 2.24) is 25.1 Å². The van der Waals surface area contributed by atoms with Gasteiger partial charge in [-0.15, -0.1) is 10.2 Å². The van der Waals surface area contributed by atoms with Crippen LogP contribution in [0.25, 0.3) is 17.1 Å². The van der Waals surface area contributed by atoms with Crippen LogP contribution in [0, 0.1) is 0 Å². The normalized spacial score (nSPS) is 11.7. The second-order valence-electron chi connectivity index (χ2n) is 7.84. The molecule has 4 aromatic rings. The minimum Gasteiger partial charge on any atom is -0.497 e. The number of methoxy groups -OCH3 is 1. The largest absolute Gasteiger partial charge is 0.497 e. The highest BCUT2D eigenvalue weighted by molar-refractivity contribution is 7.98. The third-order valence-corrected chi connectivity index (χ3v) is 6.48. The Morgan fingerprint density at radius 1 is 1.03 bits per heavy atom. The van der Waals surface area contributed by atoms with Crippen molar-refractivity contribution >= 4 is 17.7 Å². The zero-order valence-corrected chi connectivity index (χ0v) is 20.2. The van der Waals surface area contributed by atoms with Gasteiger partial charge < -0.3 is 10.1 Å². The van der Waals surface area contributed by atoms with Gasteiger partial charge in [0, 0.05) is 41.0 Å². The standard InChI is InChI=1S/C26H27N5O2S/c1-4-18(2)28-25(32)21-7-5-19(6-8-21)17-34-26-30-29-24(20-13-15-27-16-14-20)31(26)22-9-11-23(33-3)12-10-22/h5-16,18H,4,17H2,1-3H3,(H,28,32). The van der Waals surface area contributed by atoms with E-state index in [4.69, 9.17) is 4.74 Å². The van der Waals surface area contributed by atoms with Gasteiger partial charge in [0.15, 0.2) is 11.0 Å². The summed E-state index contributed by atoms with van der Waals surface area (Å²) in [4.78, 5) is 16.4. The van der Waals surface area contributed by atoms with Crippen molar-refractivity contribution in [3.05, 3.63) is 84.2 Å². The van der Waals surface area contributed by atoms with E-state index in [1.54, 1.807) is 31.3 Å². The molecule has 1 amide bonds. The number of thioether (sulfide) groups is 1. The molecule has 4 rings (SSSR count). The predicted molar refractivity (Wildman–Crippen MR) is 134 cm³/mol. The van der Waals surface area contributed by atoms with Crippen LogP contribution in [0.5, 0.6) is 5.75 Å². The van der Waals surface area contributed by atoms with Crippen LogP contribution < -0.4 is 10.1 Å². The first-order valence-electron chi connectivity index (χ1n) is 11.1. The molecule has 0 aliphatic carbocycles. The van der Waals surface area contributed by atoms with Crippen molar-refractivity contribution in [2.45, 2.75) is 37.2 Å². The molecule has 0 spiro atoms. The Bertz CT molecular complexity index is 1220. The first-order chi connectivity index (χ1) is 16.6. The van der Waals surface area contributed by atoms with Gasteiger partial charge in [-0.05, 0) is 67.4 Å². The summed E-state index contributed by atoms with van der Waals surface area (Å²) in [5.74, 6) is 2.17. The summed E-state index contributed by atoms with van der Waals surface area (Å²) in [6, 6.07) is 19.5. The van der Waals surface area contributed by atoms with E-state index in [0.29, 0.717) is 11.3 Å². The maximum absolute atomic E-state index is 12.3. The quantitative estimate of drug-likeness (QED) is 0.338. The lowest BCUT2D eigenvalue weighted by atomic mass is 10.1. The van der Waals surface area contributed by atoms with Gasteiger partial charge in [0.25, 0.3) is 5.91 Å². The first kappa shape index (κ1) is 23.5. The highest BCUT2D eigenvalue weighted by Crippen LogP contribution is 2.30. The van der Waals surface area contributed by atoms with Gasteiger partial charge >= 0.3 is 0 Å². The molecule has 34 heavy (non-hydrogen) atoms. The van der Waals surface area contributed by atoms with Crippen LogP contribution in [0.15, 0.2) is 78.2 Å². The second kappa shape index (κ2) is 11.0. The number of pyridine rings is 1. The number of nitrogens with one attached hydrogen (secondary N) is 1. The number of hydrogen-bond donors (Lipinski definition) is 1. The third-order valence-electron chi connectivity index (χ3n) is 5.48. The Kier molecular flexibility index (Phi) is 7.59. The molecule has 2 aromatic heterocycles. The van der Waals surface area contributed by atoms with E-state index in [-0.39, 0.29) is 11.9 Å². The number of benzene rings is 2. The zero-order chi connectivity index (χ0) is 23.9. The Labute approximate surface area is 203 Å². The van der Waals surface area contributed by atoms with Gasteiger partial charge in [-0.1, -0.05) is 30.8 Å². The molecule has 2 heterocycles. The number of ether oxygens (including phenoxy) is 1. The maximum atomic E-state index is 12.3. The van der Waals surface area contributed by atoms with E-state index in [1.807, 2.05) is 72.2 Å². The number of rotatable bonds is 9. The Balaban J connectivity index is 1.56. The number of nitrogens with zero attached hydrogens (tertiary/aromatic N) is 4. The number of carbonyl (C=O) groups is 1.